The predicted molar refractivity (Wildman–Crippen MR) is 75.9 cm³/mol. The number of H-pyrrole nitrogens is 1. The van der Waals surface area contributed by atoms with E-state index in [1.807, 2.05) is 6.92 Å². The molecule has 2 rings (SSSR count). The molecule has 0 amide bonds. The van der Waals surface area contributed by atoms with Crippen molar-refractivity contribution in [1.29, 1.82) is 0 Å². The standard InChI is InChI=1S/C15H21N3/c1-10(2)13-6-5-7-14(8-13)16-9-15-11(3)17-18-12(15)4/h5-8,10,16H,9H2,1-4H3,(H,17,18). The van der Waals surface area contributed by atoms with Crippen LogP contribution in [0.3, 0.4) is 0 Å². The van der Waals surface area contributed by atoms with E-state index in [1.165, 1.54) is 16.8 Å². The van der Waals surface area contributed by atoms with E-state index in [1.54, 1.807) is 0 Å². The van der Waals surface area contributed by atoms with Gasteiger partial charge in [-0.1, -0.05) is 26.0 Å². The van der Waals surface area contributed by atoms with Gasteiger partial charge in [0.2, 0.25) is 0 Å². The Morgan fingerprint density at radius 1 is 1.28 bits per heavy atom. The Morgan fingerprint density at radius 3 is 2.67 bits per heavy atom. The van der Waals surface area contributed by atoms with E-state index in [4.69, 9.17) is 0 Å². The first-order valence-corrected chi connectivity index (χ1v) is 6.42. The van der Waals surface area contributed by atoms with E-state index >= 15 is 0 Å². The van der Waals surface area contributed by atoms with E-state index in [9.17, 15) is 0 Å². The number of aromatic amines is 1. The predicted octanol–water partition coefficient (Wildman–Crippen LogP) is 3.76. The number of nitrogens with one attached hydrogen (secondary N) is 2. The van der Waals surface area contributed by atoms with Crippen LogP contribution in [0.4, 0.5) is 5.69 Å². The van der Waals surface area contributed by atoms with Gasteiger partial charge >= 0.3 is 0 Å². The van der Waals surface area contributed by atoms with Crippen molar-refractivity contribution in [3.8, 4) is 0 Å². The Labute approximate surface area is 109 Å². The molecule has 0 fully saturated rings. The monoisotopic (exact) mass is 243 g/mol. The minimum Gasteiger partial charge on any atom is -0.381 e. The summed E-state index contributed by atoms with van der Waals surface area (Å²) in [4.78, 5) is 0. The van der Waals surface area contributed by atoms with Crippen molar-refractivity contribution in [3.05, 3.63) is 46.8 Å². The van der Waals surface area contributed by atoms with Gasteiger partial charge in [0.1, 0.15) is 0 Å². The third kappa shape index (κ3) is 2.73. The van der Waals surface area contributed by atoms with Crippen LogP contribution in [0.15, 0.2) is 24.3 Å². The zero-order valence-corrected chi connectivity index (χ0v) is 11.5. The van der Waals surface area contributed by atoms with Gasteiger partial charge in [-0.3, -0.25) is 5.10 Å². The summed E-state index contributed by atoms with van der Waals surface area (Å²) >= 11 is 0. The molecule has 0 saturated carbocycles. The summed E-state index contributed by atoms with van der Waals surface area (Å²) in [5, 5.41) is 10.7. The lowest BCUT2D eigenvalue weighted by Crippen LogP contribution is -2.02. The van der Waals surface area contributed by atoms with Crippen LogP contribution in [0.1, 0.15) is 42.3 Å². The summed E-state index contributed by atoms with van der Waals surface area (Å²) in [6, 6.07) is 8.60. The SMILES string of the molecule is Cc1n[nH]c(C)c1CNc1cccc(C(C)C)c1. The molecular weight excluding hydrogens is 222 g/mol. The van der Waals surface area contributed by atoms with Crippen LogP contribution in [0, 0.1) is 13.8 Å². The van der Waals surface area contributed by atoms with Gasteiger partial charge in [-0.05, 0) is 37.5 Å². The number of aromatic nitrogens is 2. The fourth-order valence-corrected chi connectivity index (χ4v) is 2.03. The Kier molecular flexibility index (Phi) is 3.70. The van der Waals surface area contributed by atoms with Gasteiger partial charge < -0.3 is 5.32 Å². The first-order valence-electron chi connectivity index (χ1n) is 6.42. The zero-order chi connectivity index (χ0) is 13.1. The van der Waals surface area contributed by atoms with Crippen molar-refractivity contribution in [2.45, 2.75) is 40.2 Å². The highest BCUT2D eigenvalue weighted by atomic mass is 15.1. The topological polar surface area (TPSA) is 40.7 Å². The van der Waals surface area contributed by atoms with Crippen LogP contribution in [0.2, 0.25) is 0 Å². The minimum atomic E-state index is 0.559. The maximum atomic E-state index is 4.21. The molecule has 96 valence electrons. The molecule has 18 heavy (non-hydrogen) atoms. The summed E-state index contributed by atoms with van der Waals surface area (Å²) in [6.45, 7) is 9.33. The molecule has 1 aromatic carbocycles. The number of nitrogens with zero attached hydrogens (tertiary/aromatic N) is 1. The normalized spacial score (nSPS) is 10.9. The summed E-state index contributed by atoms with van der Waals surface area (Å²) in [5.74, 6) is 0.559. The van der Waals surface area contributed by atoms with Gasteiger partial charge in [-0.2, -0.15) is 5.10 Å². The number of anilines is 1. The van der Waals surface area contributed by atoms with Crippen molar-refractivity contribution in [3.63, 3.8) is 0 Å². The first-order chi connectivity index (χ1) is 8.58. The average Bonchev–Trinajstić information content (AvgIpc) is 2.67. The summed E-state index contributed by atoms with van der Waals surface area (Å²) < 4.78 is 0. The minimum absolute atomic E-state index is 0.559. The van der Waals surface area contributed by atoms with Crippen LogP contribution in [0.5, 0.6) is 0 Å². The van der Waals surface area contributed by atoms with Gasteiger partial charge in [0.15, 0.2) is 0 Å². The molecule has 0 saturated heterocycles. The van der Waals surface area contributed by atoms with Crippen molar-refractivity contribution < 1.29 is 0 Å². The smallest absolute Gasteiger partial charge is 0.0643 e. The van der Waals surface area contributed by atoms with Gasteiger partial charge in [0, 0.05) is 23.5 Å². The summed E-state index contributed by atoms with van der Waals surface area (Å²) in [7, 11) is 0. The molecule has 0 aliphatic carbocycles. The molecule has 2 aromatic rings. The van der Waals surface area contributed by atoms with E-state index in [2.05, 4.69) is 60.6 Å². The number of hydrogen-bond acceptors (Lipinski definition) is 2. The molecule has 0 atom stereocenters. The average molecular weight is 243 g/mol. The summed E-state index contributed by atoms with van der Waals surface area (Å²) in [6.07, 6.45) is 0. The van der Waals surface area contributed by atoms with Crippen LogP contribution in [-0.4, -0.2) is 10.2 Å². The van der Waals surface area contributed by atoms with Crippen molar-refractivity contribution in [1.82, 2.24) is 10.2 Å². The molecule has 1 aromatic heterocycles. The number of benzene rings is 1. The molecule has 0 aliphatic heterocycles. The lowest BCUT2D eigenvalue weighted by atomic mass is 10.0. The Bertz CT molecular complexity index is 507. The van der Waals surface area contributed by atoms with Gasteiger partial charge in [0.05, 0.1) is 5.69 Å². The van der Waals surface area contributed by atoms with Crippen molar-refractivity contribution in [2.24, 2.45) is 0 Å². The number of rotatable bonds is 4. The maximum Gasteiger partial charge on any atom is 0.0643 e. The highest BCUT2D eigenvalue weighted by Gasteiger charge is 2.06. The lowest BCUT2D eigenvalue weighted by Gasteiger charge is -2.10. The number of aryl methyl sites for hydroxylation is 2. The van der Waals surface area contributed by atoms with Gasteiger partial charge in [-0.25, -0.2) is 0 Å². The molecular formula is C15H21N3. The second-order valence-electron chi connectivity index (χ2n) is 5.05. The third-order valence-electron chi connectivity index (χ3n) is 3.30. The Morgan fingerprint density at radius 2 is 2.06 bits per heavy atom. The fourth-order valence-electron chi connectivity index (χ4n) is 2.03. The van der Waals surface area contributed by atoms with Crippen LogP contribution in [-0.2, 0) is 6.54 Å². The van der Waals surface area contributed by atoms with E-state index in [0.29, 0.717) is 5.92 Å². The molecule has 0 bridgehead atoms. The van der Waals surface area contributed by atoms with Crippen LogP contribution < -0.4 is 5.32 Å². The molecule has 2 N–H and O–H groups in total. The number of hydrogen-bond donors (Lipinski definition) is 2. The molecule has 0 spiro atoms. The zero-order valence-electron chi connectivity index (χ0n) is 11.5. The lowest BCUT2D eigenvalue weighted by molar-refractivity contribution is 0.866. The molecule has 0 aliphatic rings. The third-order valence-corrected chi connectivity index (χ3v) is 3.30. The van der Waals surface area contributed by atoms with Crippen LogP contribution >= 0.6 is 0 Å². The molecule has 1 heterocycles. The highest BCUT2D eigenvalue weighted by Crippen LogP contribution is 2.19. The Balaban J connectivity index is 2.09. The Hall–Kier alpha value is -1.77. The highest BCUT2D eigenvalue weighted by molar-refractivity contribution is 5.47. The molecule has 0 radical (unpaired) electrons. The maximum absolute atomic E-state index is 4.21. The fraction of sp³-hybridized carbons (Fsp3) is 0.400. The molecule has 3 nitrogen and oxygen atoms in total. The van der Waals surface area contributed by atoms with Crippen molar-refractivity contribution >= 4 is 5.69 Å². The van der Waals surface area contributed by atoms with Gasteiger partial charge in [-0.15, -0.1) is 0 Å². The molecule has 0 unspecified atom stereocenters. The van der Waals surface area contributed by atoms with Gasteiger partial charge in [0.25, 0.3) is 0 Å². The van der Waals surface area contributed by atoms with E-state index in [0.717, 1.165) is 17.9 Å². The molecule has 3 heteroatoms. The van der Waals surface area contributed by atoms with E-state index in [-0.39, 0.29) is 0 Å². The first kappa shape index (κ1) is 12.7. The second kappa shape index (κ2) is 5.25. The largest absolute Gasteiger partial charge is 0.381 e. The second-order valence-corrected chi connectivity index (χ2v) is 5.05. The quantitative estimate of drug-likeness (QED) is 0.858. The van der Waals surface area contributed by atoms with E-state index < -0.39 is 0 Å². The summed E-state index contributed by atoms with van der Waals surface area (Å²) in [5.41, 5.74) is 5.99. The van der Waals surface area contributed by atoms with Crippen molar-refractivity contribution in [2.75, 3.05) is 5.32 Å². The van der Waals surface area contributed by atoms with Crippen LogP contribution in [0.25, 0.3) is 0 Å².